The van der Waals surface area contributed by atoms with Crippen LogP contribution in [-0.4, -0.2) is 28.5 Å². The molecule has 0 fully saturated rings. The van der Waals surface area contributed by atoms with Crippen molar-refractivity contribution in [3.8, 4) is 0 Å². The van der Waals surface area contributed by atoms with Crippen molar-refractivity contribution >= 4 is 11.9 Å². The van der Waals surface area contributed by atoms with Crippen LogP contribution in [0.5, 0.6) is 0 Å². The maximum absolute atomic E-state index is 11.8. The SMILES string of the molecule is C[C@H](NC(=O)CCc1ccccn1)C(=O)OC(C)(C)C. The molecule has 5 nitrogen and oxygen atoms in total. The number of carbonyl (C=O) groups excluding carboxylic acids is 2. The van der Waals surface area contributed by atoms with E-state index >= 15 is 0 Å². The van der Waals surface area contributed by atoms with Crippen molar-refractivity contribution in [1.82, 2.24) is 10.3 Å². The van der Waals surface area contributed by atoms with Crippen LogP contribution in [0.1, 0.15) is 39.8 Å². The number of hydrogen-bond donors (Lipinski definition) is 1. The minimum atomic E-state index is -0.648. The van der Waals surface area contributed by atoms with Gasteiger partial charge < -0.3 is 10.1 Å². The van der Waals surface area contributed by atoms with Gasteiger partial charge in [0.2, 0.25) is 5.91 Å². The third-order valence-corrected chi connectivity index (χ3v) is 2.47. The second-order valence-corrected chi connectivity index (χ2v) is 5.64. The van der Waals surface area contributed by atoms with E-state index in [1.165, 1.54) is 0 Å². The van der Waals surface area contributed by atoms with Crippen LogP contribution < -0.4 is 5.32 Å². The van der Waals surface area contributed by atoms with E-state index in [9.17, 15) is 9.59 Å². The van der Waals surface area contributed by atoms with Crippen LogP contribution in [0.25, 0.3) is 0 Å². The highest BCUT2D eigenvalue weighted by atomic mass is 16.6. The van der Waals surface area contributed by atoms with Gasteiger partial charge in [-0.1, -0.05) is 6.07 Å². The van der Waals surface area contributed by atoms with Gasteiger partial charge in [0.15, 0.2) is 0 Å². The quantitative estimate of drug-likeness (QED) is 0.835. The van der Waals surface area contributed by atoms with Crippen LogP contribution in [0.4, 0.5) is 0 Å². The molecule has 0 aliphatic carbocycles. The molecule has 1 N–H and O–H groups in total. The average molecular weight is 278 g/mol. The van der Waals surface area contributed by atoms with Gasteiger partial charge in [0.25, 0.3) is 0 Å². The van der Waals surface area contributed by atoms with Crippen molar-refractivity contribution in [1.29, 1.82) is 0 Å². The number of esters is 1. The molecule has 1 aromatic heterocycles. The molecule has 0 radical (unpaired) electrons. The highest BCUT2D eigenvalue weighted by Gasteiger charge is 2.22. The van der Waals surface area contributed by atoms with E-state index in [1.54, 1.807) is 33.9 Å². The largest absolute Gasteiger partial charge is 0.458 e. The predicted molar refractivity (Wildman–Crippen MR) is 76.0 cm³/mol. The fourth-order valence-electron chi connectivity index (χ4n) is 1.55. The Morgan fingerprint density at radius 2 is 2.05 bits per heavy atom. The number of ether oxygens (including phenoxy) is 1. The summed E-state index contributed by atoms with van der Waals surface area (Å²) >= 11 is 0. The van der Waals surface area contributed by atoms with Crippen molar-refractivity contribution < 1.29 is 14.3 Å². The van der Waals surface area contributed by atoms with Crippen molar-refractivity contribution in [3.05, 3.63) is 30.1 Å². The standard InChI is InChI=1S/C15H22N2O3/c1-11(14(19)20-15(2,3)4)17-13(18)9-8-12-7-5-6-10-16-12/h5-7,10-11H,8-9H2,1-4H3,(H,17,18)/t11-/m0/s1. The van der Waals surface area contributed by atoms with E-state index in [2.05, 4.69) is 10.3 Å². The van der Waals surface area contributed by atoms with E-state index in [0.717, 1.165) is 5.69 Å². The summed E-state index contributed by atoms with van der Waals surface area (Å²) in [5.41, 5.74) is 0.303. The van der Waals surface area contributed by atoms with Crippen LogP contribution in [0, 0.1) is 0 Å². The lowest BCUT2D eigenvalue weighted by molar-refractivity contribution is -0.158. The monoisotopic (exact) mass is 278 g/mol. The molecule has 0 aliphatic rings. The van der Waals surface area contributed by atoms with Crippen LogP contribution >= 0.6 is 0 Å². The fraction of sp³-hybridized carbons (Fsp3) is 0.533. The van der Waals surface area contributed by atoms with Crippen LogP contribution in [-0.2, 0) is 20.7 Å². The normalized spacial score (nSPS) is 12.6. The zero-order valence-electron chi connectivity index (χ0n) is 12.5. The molecule has 0 saturated carbocycles. The van der Waals surface area contributed by atoms with Gasteiger partial charge in [0.1, 0.15) is 11.6 Å². The highest BCUT2D eigenvalue weighted by molar-refractivity contribution is 5.84. The number of amides is 1. The van der Waals surface area contributed by atoms with E-state index in [4.69, 9.17) is 4.74 Å². The van der Waals surface area contributed by atoms with Gasteiger partial charge in [-0.05, 0) is 46.2 Å². The molecule has 0 bridgehead atoms. The number of hydrogen-bond acceptors (Lipinski definition) is 4. The Morgan fingerprint density at radius 1 is 1.35 bits per heavy atom. The first-order chi connectivity index (χ1) is 9.28. The molecule has 0 aromatic carbocycles. The third-order valence-electron chi connectivity index (χ3n) is 2.47. The summed E-state index contributed by atoms with van der Waals surface area (Å²) in [6, 6.07) is 4.92. The van der Waals surface area contributed by atoms with Crippen molar-refractivity contribution in [2.24, 2.45) is 0 Å². The number of aromatic nitrogens is 1. The summed E-state index contributed by atoms with van der Waals surface area (Å²) in [4.78, 5) is 27.6. The van der Waals surface area contributed by atoms with E-state index in [1.807, 2.05) is 18.2 Å². The summed E-state index contributed by atoms with van der Waals surface area (Å²) in [6.07, 6.45) is 2.54. The number of carbonyl (C=O) groups is 2. The van der Waals surface area contributed by atoms with E-state index < -0.39 is 17.6 Å². The van der Waals surface area contributed by atoms with Gasteiger partial charge in [-0.2, -0.15) is 0 Å². The Morgan fingerprint density at radius 3 is 2.60 bits per heavy atom. The summed E-state index contributed by atoms with van der Waals surface area (Å²) < 4.78 is 5.20. The molecule has 110 valence electrons. The number of aryl methyl sites for hydroxylation is 1. The molecule has 0 aliphatic heterocycles. The minimum Gasteiger partial charge on any atom is -0.458 e. The Kier molecular flexibility index (Phi) is 5.67. The molecule has 5 heteroatoms. The lowest BCUT2D eigenvalue weighted by Gasteiger charge is -2.22. The van der Waals surface area contributed by atoms with Crippen LogP contribution in [0.15, 0.2) is 24.4 Å². The molecular weight excluding hydrogens is 256 g/mol. The Balaban J connectivity index is 2.36. The second-order valence-electron chi connectivity index (χ2n) is 5.64. The highest BCUT2D eigenvalue weighted by Crippen LogP contribution is 2.08. The lowest BCUT2D eigenvalue weighted by Crippen LogP contribution is -2.42. The van der Waals surface area contributed by atoms with Crippen molar-refractivity contribution in [3.63, 3.8) is 0 Å². The molecule has 1 rings (SSSR count). The van der Waals surface area contributed by atoms with E-state index in [-0.39, 0.29) is 5.91 Å². The Hall–Kier alpha value is -1.91. The summed E-state index contributed by atoms with van der Waals surface area (Å²) in [5.74, 6) is -0.613. The van der Waals surface area contributed by atoms with Crippen LogP contribution in [0.2, 0.25) is 0 Å². The molecule has 0 spiro atoms. The molecular formula is C15H22N2O3. The van der Waals surface area contributed by atoms with Crippen molar-refractivity contribution in [2.45, 2.75) is 52.2 Å². The molecule has 0 saturated heterocycles. The molecule has 20 heavy (non-hydrogen) atoms. The smallest absolute Gasteiger partial charge is 0.328 e. The Labute approximate surface area is 119 Å². The summed E-state index contributed by atoms with van der Waals surface area (Å²) in [5, 5.41) is 2.63. The predicted octanol–water partition coefficient (Wildman–Crippen LogP) is 1.86. The molecule has 1 aromatic rings. The van der Waals surface area contributed by atoms with E-state index in [0.29, 0.717) is 12.8 Å². The van der Waals surface area contributed by atoms with Gasteiger partial charge in [-0.3, -0.25) is 9.78 Å². The van der Waals surface area contributed by atoms with Crippen molar-refractivity contribution in [2.75, 3.05) is 0 Å². The third kappa shape index (κ3) is 6.31. The number of rotatable bonds is 5. The number of nitrogens with zero attached hydrogens (tertiary/aromatic N) is 1. The van der Waals surface area contributed by atoms with Gasteiger partial charge in [-0.15, -0.1) is 0 Å². The maximum atomic E-state index is 11.8. The van der Waals surface area contributed by atoms with Crippen LogP contribution in [0.3, 0.4) is 0 Å². The van der Waals surface area contributed by atoms with Gasteiger partial charge in [0, 0.05) is 18.3 Å². The maximum Gasteiger partial charge on any atom is 0.328 e. The van der Waals surface area contributed by atoms with Gasteiger partial charge in [0.05, 0.1) is 0 Å². The Bertz CT molecular complexity index is 452. The van der Waals surface area contributed by atoms with Gasteiger partial charge >= 0.3 is 5.97 Å². The lowest BCUT2D eigenvalue weighted by atomic mass is 10.2. The fourth-order valence-corrected chi connectivity index (χ4v) is 1.55. The number of pyridine rings is 1. The topological polar surface area (TPSA) is 68.3 Å². The molecule has 1 amide bonds. The first kappa shape index (κ1) is 16.1. The zero-order chi connectivity index (χ0) is 15.2. The van der Waals surface area contributed by atoms with Gasteiger partial charge in [-0.25, -0.2) is 4.79 Å². The molecule has 1 heterocycles. The minimum absolute atomic E-state index is 0.186. The zero-order valence-corrected chi connectivity index (χ0v) is 12.5. The number of nitrogens with one attached hydrogen (secondary N) is 1. The first-order valence-corrected chi connectivity index (χ1v) is 6.70. The first-order valence-electron chi connectivity index (χ1n) is 6.70. The summed E-state index contributed by atoms with van der Waals surface area (Å²) in [6.45, 7) is 6.99. The summed E-state index contributed by atoms with van der Waals surface area (Å²) in [7, 11) is 0. The average Bonchev–Trinajstić information content (AvgIpc) is 2.35. The molecule has 1 atom stereocenters. The molecule has 0 unspecified atom stereocenters. The second kappa shape index (κ2) is 7.03.